The van der Waals surface area contributed by atoms with Crippen molar-refractivity contribution in [2.24, 2.45) is 0 Å². The Kier molecular flexibility index (Phi) is 6.72. The van der Waals surface area contributed by atoms with Gasteiger partial charge in [-0.3, -0.25) is 4.79 Å². The van der Waals surface area contributed by atoms with E-state index in [1.165, 1.54) is 11.1 Å². The number of amides is 1. The number of thioether (sulfide) groups is 1. The number of benzene rings is 2. The second-order valence-corrected chi connectivity index (χ2v) is 7.09. The molecule has 0 saturated carbocycles. The fraction of sp³-hybridized carbons (Fsp3) is 0.350. The maximum atomic E-state index is 12.3. The van der Waals surface area contributed by atoms with Crippen molar-refractivity contribution in [2.75, 3.05) is 0 Å². The predicted octanol–water partition coefficient (Wildman–Crippen LogP) is 4.75. The molecule has 3 heteroatoms. The van der Waals surface area contributed by atoms with Gasteiger partial charge in [0.15, 0.2) is 0 Å². The molecule has 0 radical (unpaired) electrons. The van der Waals surface area contributed by atoms with Crippen LogP contribution >= 0.6 is 11.8 Å². The molecule has 2 nitrogen and oxygen atoms in total. The van der Waals surface area contributed by atoms with Crippen LogP contribution in [-0.2, 0) is 17.0 Å². The lowest BCUT2D eigenvalue weighted by Crippen LogP contribution is -2.33. The molecule has 0 aliphatic carbocycles. The minimum absolute atomic E-state index is 0.0354. The Morgan fingerprint density at radius 1 is 1.00 bits per heavy atom. The molecule has 0 fully saturated rings. The summed E-state index contributed by atoms with van der Waals surface area (Å²) in [6.07, 6.45) is 1.04. The average Bonchev–Trinajstić information content (AvgIpc) is 2.60. The minimum atomic E-state index is -0.0624. The van der Waals surface area contributed by atoms with Crippen molar-refractivity contribution in [2.45, 2.75) is 44.2 Å². The van der Waals surface area contributed by atoms with E-state index in [1.54, 1.807) is 11.8 Å². The van der Waals surface area contributed by atoms with Gasteiger partial charge in [0.1, 0.15) is 0 Å². The van der Waals surface area contributed by atoms with Crippen LogP contribution in [0.1, 0.15) is 43.5 Å². The van der Waals surface area contributed by atoms with Crippen LogP contribution < -0.4 is 5.32 Å². The number of hydrogen-bond acceptors (Lipinski definition) is 2. The van der Waals surface area contributed by atoms with Gasteiger partial charge in [0.2, 0.25) is 5.91 Å². The fourth-order valence-electron chi connectivity index (χ4n) is 2.33. The third-order valence-corrected chi connectivity index (χ3v) is 5.17. The van der Waals surface area contributed by atoms with Gasteiger partial charge in [-0.05, 0) is 37.0 Å². The highest BCUT2D eigenvalue weighted by Crippen LogP contribution is 2.19. The molecular weight excluding hydrogens is 302 g/mol. The molecule has 0 aromatic heterocycles. The summed E-state index contributed by atoms with van der Waals surface area (Å²) in [4.78, 5) is 12.3. The van der Waals surface area contributed by atoms with Crippen molar-refractivity contribution >= 4 is 17.7 Å². The Bertz CT molecular complexity index is 609. The summed E-state index contributed by atoms with van der Waals surface area (Å²) in [7, 11) is 0. The zero-order valence-electron chi connectivity index (χ0n) is 14.1. The second-order valence-electron chi connectivity index (χ2n) is 5.76. The topological polar surface area (TPSA) is 29.1 Å². The van der Waals surface area contributed by atoms with Gasteiger partial charge >= 0.3 is 0 Å². The van der Waals surface area contributed by atoms with Gasteiger partial charge in [0.05, 0.1) is 11.3 Å². The SMILES string of the molecule is CCc1ccc([C@H](C)NC(=O)[C@H](C)SCc2ccccc2)cc1. The van der Waals surface area contributed by atoms with Gasteiger partial charge in [-0.2, -0.15) is 0 Å². The molecule has 2 atom stereocenters. The number of rotatable bonds is 7. The highest BCUT2D eigenvalue weighted by molar-refractivity contribution is 7.99. The Balaban J connectivity index is 1.84. The standard InChI is InChI=1S/C20H25NOS/c1-4-17-10-12-19(13-11-17)15(2)21-20(22)16(3)23-14-18-8-6-5-7-9-18/h5-13,15-16H,4,14H2,1-3H3,(H,21,22)/t15-,16-/m0/s1. The highest BCUT2D eigenvalue weighted by atomic mass is 32.2. The smallest absolute Gasteiger partial charge is 0.233 e. The Hall–Kier alpha value is -1.74. The quantitative estimate of drug-likeness (QED) is 0.795. The minimum Gasteiger partial charge on any atom is -0.349 e. The van der Waals surface area contributed by atoms with Gasteiger partial charge in [-0.15, -0.1) is 11.8 Å². The number of hydrogen-bond donors (Lipinski definition) is 1. The van der Waals surface area contributed by atoms with Gasteiger partial charge < -0.3 is 5.32 Å². The van der Waals surface area contributed by atoms with Crippen LogP contribution in [0.25, 0.3) is 0 Å². The van der Waals surface area contributed by atoms with Crippen molar-refractivity contribution in [1.82, 2.24) is 5.32 Å². The summed E-state index contributed by atoms with van der Waals surface area (Å²) >= 11 is 1.67. The lowest BCUT2D eigenvalue weighted by molar-refractivity contribution is -0.120. The summed E-state index contributed by atoms with van der Waals surface area (Å²) in [5.74, 6) is 0.952. The van der Waals surface area contributed by atoms with E-state index >= 15 is 0 Å². The molecule has 0 spiro atoms. The number of carbonyl (C=O) groups is 1. The van der Waals surface area contributed by atoms with Crippen molar-refractivity contribution in [3.8, 4) is 0 Å². The van der Waals surface area contributed by atoms with E-state index in [4.69, 9.17) is 0 Å². The first-order chi connectivity index (χ1) is 11.1. The first-order valence-corrected chi connectivity index (χ1v) is 9.19. The number of nitrogens with one attached hydrogen (secondary N) is 1. The van der Waals surface area contributed by atoms with Crippen LogP contribution in [0, 0.1) is 0 Å². The van der Waals surface area contributed by atoms with E-state index in [1.807, 2.05) is 32.0 Å². The third-order valence-electron chi connectivity index (χ3n) is 3.96. The zero-order chi connectivity index (χ0) is 16.7. The van der Waals surface area contributed by atoms with Crippen LogP contribution in [-0.4, -0.2) is 11.2 Å². The summed E-state index contributed by atoms with van der Waals surface area (Å²) < 4.78 is 0. The van der Waals surface area contributed by atoms with Gasteiger partial charge in [-0.1, -0.05) is 61.5 Å². The second kappa shape index (κ2) is 8.78. The highest BCUT2D eigenvalue weighted by Gasteiger charge is 2.16. The van der Waals surface area contributed by atoms with E-state index in [-0.39, 0.29) is 17.2 Å². The van der Waals surface area contributed by atoms with Crippen molar-refractivity contribution in [3.63, 3.8) is 0 Å². The molecule has 1 amide bonds. The van der Waals surface area contributed by atoms with Crippen LogP contribution in [0.2, 0.25) is 0 Å². The van der Waals surface area contributed by atoms with E-state index in [0.29, 0.717) is 0 Å². The molecule has 0 bridgehead atoms. The summed E-state index contributed by atoms with van der Waals surface area (Å²) in [5.41, 5.74) is 3.72. The molecule has 0 aliphatic heterocycles. The molecule has 0 unspecified atom stereocenters. The van der Waals surface area contributed by atoms with Gasteiger partial charge in [0.25, 0.3) is 0 Å². The lowest BCUT2D eigenvalue weighted by atomic mass is 10.0. The molecule has 2 rings (SSSR count). The Labute approximate surface area is 143 Å². The van der Waals surface area contributed by atoms with E-state index in [2.05, 4.69) is 48.6 Å². The normalized spacial score (nSPS) is 13.3. The van der Waals surface area contributed by atoms with Crippen LogP contribution in [0.3, 0.4) is 0 Å². The Morgan fingerprint density at radius 3 is 2.26 bits per heavy atom. The fourth-order valence-corrected chi connectivity index (χ4v) is 3.18. The molecule has 2 aromatic carbocycles. The summed E-state index contributed by atoms with van der Waals surface area (Å²) in [5, 5.41) is 3.05. The predicted molar refractivity (Wildman–Crippen MR) is 99.6 cm³/mol. The van der Waals surface area contributed by atoms with Crippen LogP contribution in [0.5, 0.6) is 0 Å². The van der Waals surface area contributed by atoms with E-state index in [9.17, 15) is 4.79 Å². The summed E-state index contributed by atoms with van der Waals surface area (Å²) in [6, 6.07) is 18.8. The maximum absolute atomic E-state index is 12.3. The zero-order valence-corrected chi connectivity index (χ0v) is 14.9. The van der Waals surface area contributed by atoms with Crippen molar-refractivity contribution < 1.29 is 4.79 Å². The average molecular weight is 327 g/mol. The van der Waals surface area contributed by atoms with Gasteiger partial charge in [0, 0.05) is 5.75 Å². The molecular formula is C20H25NOS. The molecule has 2 aromatic rings. The molecule has 0 aliphatic rings. The number of aryl methyl sites for hydroxylation is 1. The molecule has 0 heterocycles. The molecule has 0 saturated heterocycles. The first kappa shape index (κ1) is 17.6. The largest absolute Gasteiger partial charge is 0.349 e. The molecule has 23 heavy (non-hydrogen) atoms. The Morgan fingerprint density at radius 2 is 1.65 bits per heavy atom. The maximum Gasteiger partial charge on any atom is 0.233 e. The number of carbonyl (C=O) groups excluding carboxylic acids is 1. The monoisotopic (exact) mass is 327 g/mol. The molecule has 122 valence electrons. The van der Waals surface area contributed by atoms with Crippen LogP contribution in [0.15, 0.2) is 54.6 Å². The first-order valence-electron chi connectivity index (χ1n) is 8.15. The molecule has 1 N–H and O–H groups in total. The van der Waals surface area contributed by atoms with E-state index in [0.717, 1.165) is 17.7 Å². The summed E-state index contributed by atoms with van der Waals surface area (Å²) in [6.45, 7) is 6.15. The van der Waals surface area contributed by atoms with Crippen LogP contribution in [0.4, 0.5) is 0 Å². The van der Waals surface area contributed by atoms with Crippen molar-refractivity contribution in [1.29, 1.82) is 0 Å². The third kappa shape index (κ3) is 5.43. The van der Waals surface area contributed by atoms with Gasteiger partial charge in [-0.25, -0.2) is 0 Å². The van der Waals surface area contributed by atoms with E-state index < -0.39 is 0 Å². The lowest BCUT2D eigenvalue weighted by Gasteiger charge is -2.18. The van der Waals surface area contributed by atoms with Crippen molar-refractivity contribution in [3.05, 3.63) is 71.3 Å².